The number of halogens is 2. The van der Waals surface area contributed by atoms with E-state index in [1.807, 2.05) is 26.8 Å². The largest absolute Gasteiger partial charge is 0.444 e. The summed E-state index contributed by atoms with van der Waals surface area (Å²) in [6.07, 6.45) is 2.23. The number of ether oxygens (including phenoxy) is 1. The molecular weight excluding hydrogens is 469 g/mol. The van der Waals surface area contributed by atoms with Crippen molar-refractivity contribution in [3.63, 3.8) is 0 Å². The van der Waals surface area contributed by atoms with Crippen LogP contribution in [0, 0.1) is 0 Å². The van der Waals surface area contributed by atoms with E-state index < -0.39 is 5.60 Å². The molecule has 0 radical (unpaired) electrons. The topological polar surface area (TPSA) is 78.9 Å². The minimum absolute atomic E-state index is 0. The summed E-state index contributed by atoms with van der Waals surface area (Å²) in [5, 5.41) is 6.87. The van der Waals surface area contributed by atoms with E-state index in [0.717, 1.165) is 12.0 Å². The number of rotatable bonds is 6. The molecule has 7 nitrogen and oxygen atoms in total. The van der Waals surface area contributed by atoms with Crippen LogP contribution in [-0.2, 0) is 11.2 Å². The molecule has 0 saturated heterocycles. The highest BCUT2D eigenvalue weighted by Crippen LogP contribution is 2.08. The Morgan fingerprint density at radius 1 is 1.31 bits per heavy atom. The number of likely N-dealkylation sites (N-methyl/N-ethyl adjacent to an activating group) is 1. The first-order valence-corrected chi connectivity index (χ1v) is 8.58. The SMILES string of the molecule is CN=C(NCCc1ccc(Cl)nc1)NCCN(C)C(=O)OC(C)(C)C.I. The summed E-state index contributed by atoms with van der Waals surface area (Å²) in [6.45, 7) is 7.33. The predicted molar refractivity (Wildman–Crippen MR) is 117 cm³/mol. The van der Waals surface area contributed by atoms with Gasteiger partial charge in [-0.25, -0.2) is 9.78 Å². The van der Waals surface area contributed by atoms with E-state index in [1.54, 1.807) is 26.4 Å². The third-order valence-corrected chi connectivity index (χ3v) is 3.39. The van der Waals surface area contributed by atoms with Crippen LogP contribution >= 0.6 is 35.6 Å². The van der Waals surface area contributed by atoms with Crippen LogP contribution in [0.25, 0.3) is 0 Å². The van der Waals surface area contributed by atoms with Gasteiger partial charge >= 0.3 is 6.09 Å². The highest BCUT2D eigenvalue weighted by atomic mass is 127. The van der Waals surface area contributed by atoms with Crippen LogP contribution in [0.1, 0.15) is 26.3 Å². The quantitative estimate of drug-likeness (QED) is 0.273. The van der Waals surface area contributed by atoms with Crippen molar-refractivity contribution in [2.45, 2.75) is 32.8 Å². The predicted octanol–water partition coefficient (Wildman–Crippen LogP) is 2.93. The third-order valence-electron chi connectivity index (χ3n) is 3.16. The number of amides is 1. The summed E-state index contributed by atoms with van der Waals surface area (Å²) in [5.41, 5.74) is 0.601. The van der Waals surface area contributed by atoms with Crippen LogP contribution in [0.2, 0.25) is 5.15 Å². The Labute approximate surface area is 178 Å². The number of carbonyl (C=O) groups is 1. The van der Waals surface area contributed by atoms with Crippen molar-refractivity contribution in [1.82, 2.24) is 20.5 Å². The first-order chi connectivity index (χ1) is 11.7. The Morgan fingerprint density at radius 3 is 2.50 bits per heavy atom. The maximum atomic E-state index is 11.9. The molecule has 1 amide bonds. The van der Waals surface area contributed by atoms with E-state index in [0.29, 0.717) is 30.7 Å². The lowest BCUT2D eigenvalue weighted by Crippen LogP contribution is -2.43. The number of aromatic nitrogens is 1. The van der Waals surface area contributed by atoms with Crippen LogP contribution < -0.4 is 10.6 Å². The number of carbonyl (C=O) groups excluding carboxylic acids is 1. The van der Waals surface area contributed by atoms with E-state index >= 15 is 0 Å². The van der Waals surface area contributed by atoms with E-state index in [9.17, 15) is 4.79 Å². The van der Waals surface area contributed by atoms with Gasteiger partial charge in [0.25, 0.3) is 0 Å². The first-order valence-electron chi connectivity index (χ1n) is 8.20. The molecular formula is C17H29ClIN5O2. The summed E-state index contributed by atoms with van der Waals surface area (Å²) in [7, 11) is 3.41. The number of hydrogen-bond acceptors (Lipinski definition) is 4. The molecule has 1 rings (SSSR count). The third kappa shape index (κ3) is 10.6. The second-order valence-corrected chi connectivity index (χ2v) is 6.95. The Morgan fingerprint density at radius 2 is 1.96 bits per heavy atom. The van der Waals surface area contributed by atoms with Crippen molar-refractivity contribution in [3.05, 3.63) is 29.0 Å². The van der Waals surface area contributed by atoms with Gasteiger partial charge in [-0.2, -0.15) is 0 Å². The summed E-state index contributed by atoms with van der Waals surface area (Å²) in [5.74, 6) is 0.680. The molecule has 0 aliphatic heterocycles. The molecule has 1 aromatic heterocycles. The number of nitrogens with one attached hydrogen (secondary N) is 2. The van der Waals surface area contributed by atoms with Crippen LogP contribution in [0.4, 0.5) is 4.79 Å². The maximum absolute atomic E-state index is 11.9. The monoisotopic (exact) mass is 497 g/mol. The minimum atomic E-state index is -0.493. The normalized spacial score (nSPS) is 11.4. The molecule has 0 fully saturated rings. The molecule has 0 spiro atoms. The highest BCUT2D eigenvalue weighted by molar-refractivity contribution is 14.0. The Kier molecular flexibility index (Phi) is 11.6. The summed E-state index contributed by atoms with van der Waals surface area (Å²) in [6, 6.07) is 3.72. The fourth-order valence-electron chi connectivity index (χ4n) is 1.87. The molecule has 0 aromatic carbocycles. The number of aliphatic imine (C=N–C) groups is 1. The maximum Gasteiger partial charge on any atom is 0.410 e. The molecule has 0 unspecified atom stereocenters. The van der Waals surface area contributed by atoms with Crippen LogP contribution in [-0.4, -0.2) is 61.3 Å². The zero-order valence-electron chi connectivity index (χ0n) is 16.0. The number of nitrogens with zero attached hydrogens (tertiary/aromatic N) is 3. The smallest absolute Gasteiger partial charge is 0.410 e. The van der Waals surface area contributed by atoms with Crippen molar-refractivity contribution < 1.29 is 9.53 Å². The number of hydrogen-bond donors (Lipinski definition) is 2. The fourth-order valence-corrected chi connectivity index (χ4v) is 1.99. The summed E-state index contributed by atoms with van der Waals surface area (Å²) < 4.78 is 5.30. The second-order valence-electron chi connectivity index (χ2n) is 6.57. The molecule has 148 valence electrons. The van der Waals surface area contributed by atoms with Gasteiger partial charge in [-0.05, 0) is 38.8 Å². The molecule has 1 aromatic rings. The zero-order chi connectivity index (χ0) is 18.9. The van der Waals surface area contributed by atoms with E-state index in [2.05, 4.69) is 20.6 Å². The molecule has 0 bridgehead atoms. The van der Waals surface area contributed by atoms with Crippen molar-refractivity contribution in [2.24, 2.45) is 4.99 Å². The lowest BCUT2D eigenvalue weighted by atomic mass is 10.2. The van der Waals surface area contributed by atoms with Crippen molar-refractivity contribution in [1.29, 1.82) is 0 Å². The molecule has 0 saturated carbocycles. The van der Waals surface area contributed by atoms with Crippen molar-refractivity contribution in [3.8, 4) is 0 Å². The van der Waals surface area contributed by atoms with Gasteiger partial charge in [0.1, 0.15) is 10.8 Å². The van der Waals surface area contributed by atoms with Gasteiger partial charge < -0.3 is 20.3 Å². The standard InChI is InChI=1S/C17H28ClN5O2.HI/c1-17(2,3)25-16(24)23(5)11-10-21-15(19-4)20-9-8-13-6-7-14(18)22-12-13;/h6-7,12H,8-11H2,1-5H3,(H2,19,20,21);1H. The lowest BCUT2D eigenvalue weighted by molar-refractivity contribution is 0.0302. The molecule has 0 aliphatic rings. The van der Waals surface area contributed by atoms with Gasteiger partial charge in [0.2, 0.25) is 0 Å². The Bertz CT molecular complexity index is 576. The second kappa shape index (κ2) is 12.2. The van der Waals surface area contributed by atoms with Crippen LogP contribution in [0.3, 0.4) is 0 Å². The molecule has 9 heteroatoms. The summed E-state index contributed by atoms with van der Waals surface area (Å²) >= 11 is 5.77. The average Bonchev–Trinajstić information content (AvgIpc) is 2.53. The molecule has 1 heterocycles. The Hall–Kier alpha value is -1.29. The van der Waals surface area contributed by atoms with Crippen LogP contribution in [0.5, 0.6) is 0 Å². The van der Waals surface area contributed by atoms with E-state index in [4.69, 9.17) is 16.3 Å². The van der Waals surface area contributed by atoms with Gasteiger partial charge in [0.05, 0.1) is 0 Å². The molecule has 26 heavy (non-hydrogen) atoms. The molecule has 0 aliphatic carbocycles. The van der Waals surface area contributed by atoms with Crippen molar-refractivity contribution in [2.75, 3.05) is 33.7 Å². The molecule has 2 N–H and O–H groups in total. The lowest BCUT2D eigenvalue weighted by Gasteiger charge is -2.24. The first kappa shape index (κ1) is 24.7. The van der Waals surface area contributed by atoms with Crippen LogP contribution in [0.15, 0.2) is 23.3 Å². The van der Waals surface area contributed by atoms with Gasteiger partial charge in [-0.1, -0.05) is 17.7 Å². The average molecular weight is 498 g/mol. The molecule has 0 atom stereocenters. The summed E-state index contributed by atoms with van der Waals surface area (Å²) in [4.78, 5) is 21.6. The van der Waals surface area contributed by atoms with E-state index in [1.165, 1.54) is 4.90 Å². The van der Waals surface area contributed by atoms with Gasteiger partial charge in [-0.3, -0.25) is 4.99 Å². The minimum Gasteiger partial charge on any atom is -0.444 e. The fraction of sp³-hybridized carbons (Fsp3) is 0.588. The van der Waals surface area contributed by atoms with Gasteiger partial charge in [0.15, 0.2) is 5.96 Å². The number of pyridine rings is 1. The highest BCUT2D eigenvalue weighted by Gasteiger charge is 2.19. The Balaban J connectivity index is 0.00000625. The zero-order valence-corrected chi connectivity index (χ0v) is 19.1. The van der Waals surface area contributed by atoms with Crippen molar-refractivity contribution >= 4 is 47.6 Å². The van der Waals surface area contributed by atoms with Gasteiger partial charge in [-0.15, -0.1) is 24.0 Å². The van der Waals surface area contributed by atoms with E-state index in [-0.39, 0.29) is 30.1 Å². The number of guanidine groups is 1. The van der Waals surface area contributed by atoms with Gasteiger partial charge in [0, 0.05) is 39.9 Å².